The molecule has 3 atom stereocenters. The van der Waals surface area contributed by atoms with Gasteiger partial charge in [-0.1, -0.05) is 0 Å². The van der Waals surface area contributed by atoms with E-state index >= 15 is 0 Å². The molecule has 0 aliphatic carbocycles. The van der Waals surface area contributed by atoms with Crippen LogP contribution < -0.4 is 5.32 Å². The van der Waals surface area contributed by atoms with Gasteiger partial charge in [0.1, 0.15) is 0 Å². The van der Waals surface area contributed by atoms with Gasteiger partial charge >= 0.3 is 6.18 Å². The van der Waals surface area contributed by atoms with Crippen molar-refractivity contribution in [2.45, 2.75) is 37.6 Å². The van der Waals surface area contributed by atoms with Crippen LogP contribution in [0.5, 0.6) is 0 Å². The van der Waals surface area contributed by atoms with Crippen LogP contribution in [-0.2, 0) is 0 Å². The lowest BCUT2D eigenvalue weighted by atomic mass is 9.97. The molecule has 3 nitrogen and oxygen atoms in total. The molecule has 3 unspecified atom stereocenters. The Labute approximate surface area is 99.0 Å². The van der Waals surface area contributed by atoms with E-state index in [0.717, 1.165) is 6.54 Å². The van der Waals surface area contributed by atoms with Crippen molar-refractivity contribution >= 4 is 0 Å². The number of β-amino-alcohol motifs (C(OH)–C–C–N with tert-alkyl or cyclic N) is 1. The molecule has 2 aliphatic heterocycles. The minimum absolute atomic E-state index is 0.109. The summed E-state index contributed by atoms with van der Waals surface area (Å²) in [7, 11) is 0. The van der Waals surface area contributed by atoms with Gasteiger partial charge in [0, 0.05) is 25.7 Å². The summed E-state index contributed by atoms with van der Waals surface area (Å²) in [6, 6.07) is 0.136. The molecule has 100 valence electrons. The first-order valence-electron chi connectivity index (χ1n) is 6.15. The molecule has 2 saturated heterocycles. The lowest BCUT2D eigenvalue weighted by molar-refractivity contribution is -0.186. The number of hydrogen-bond donors (Lipinski definition) is 2. The minimum atomic E-state index is -4.07. The zero-order chi connectivity index (χ0) is 12.5. The average molecular weight is 252 g/mol. The fourth-order valence-electron chi connectivity index (χ4n) is 2.74. The van der Waals surface area contributed by atoms with Gasteiger partial charge in [-0.2, -0.15) is 13.2 Å². The molecule has 17 heavy (non-hydrogen) atoms. The van der Waals surface area contributed by atoms with E-state index in [9.17, 15) is 18.3 Å². The first-order chi connectivity index (χ1) is 7.95. The molecular formula is C11H19F3N2O. The maximum Gasteiger partial charge on any atom is 0.393 e. The molecule has 0 aromatic heterocycles. The minimum Gasteiger partial charge on any atom is -0.392 e. The number of aliphatic hydroxyl groups excluding tert-OH is 1. The third-order valence-electron chi connectivity index (χ3n) is 3.65. The van der Waals surface area contributed by atoms with Crippen LogP contribution in [0.3, 0.4) is 0 Å². The van der Waals surface area contributed by atoms with Gasteiger partial charge in [-0.05, 0) is 25.8 Å². The lowest BCUT2D eigenvalue weighted by Gasteiger charge is -2.35. The Kier molecular flexibility index (Phi) is 3.95. The molecule has 2 N–H and O–H groups in total. The maximum absolute atomic E-state index is 12.6. The molecule has 0 radical (unpaired) electrons. The van der Waals surface area contributed by atoms with Crippen LogP contribution in [0, 0.1) is 5.92 Å². The maximum atomic E-state index is 12.6. The number of piperidine rings is 1. The molecule has 2 fully saturated rings. The summed E-state index contributed by atoms with van der Waals surface area (Å²) >= 11 is 0. The fraction of sp³-hybridized carbons (Fsp3) is 1.00. The van der Waals surface area contributed by atoms with E-state index in [-0.39, 0.29) is 25.1 Å². The third kappa shape index (κ3) is 3.56. The molecule has 0 aromatic rings. The number of alkyl halides is 3. The molecular weight excluding hydrogens is 233 g/mol. The molecule has 0 amide bonds. The molecule has 0 bridgehead atoms. The van der Waals surface area contributed by atoms with E-state index in [1.807, 2.05) is 4.90 Å². The number of rotatable bonds is 2. The summed E-state index contributed by atoms with van der Waals surface area (Å²) in [6.45, 7) is 2.02. The first-order valence-corrected chi connectivity index (χ1v) is 6.15. The monoisotopic (exact) mass is 252 g/mol. The van der Waals surface area contributed by atoms with Crippen LogP contribution >= 0.6 is 0 Å². The molecule has 2 heterocycles. The van der Waals surface area contributed by atoms with Gasteiger partial charge in [-0.15, -0.1) is 0 Å². The largest absolute Gasteiger partial charge is 0.393 e. The van der Waals surface area contributed by atoms with Crippen molar-refractivity contribution < 1.29 is 18.3 Å². The molecule has 2 aliphatic rings. The van der Waals surface area contributed by atoms with Gasteiger partial charge in [0.2, 0.25) is 0 Å². The number of hydrogen-bond acceptors (Lipinski definition) is 3. The standard InChI is InChI=1S/C11H19F3N2O/c12-11(13,14)8-2-1-3-16(6-8)7-9-4-10(17)5-15-9/h8-10,15,17H,1-7H2. The summed E-state index contributed by atoms with van der Waals surface area (Å²) in [5.74, 6) is -1.18. The summed E-state index contributed by atoms with van der Waals surface area (Å²) in [4.78, 5) is 1.87. The van der Waals surface area contributed by atoms with Crippen molar-refractivity contribution in [1.82, 2.24) is 10.2 Å². The summed E-state index contributed by atoms with van der Waals surface area (Å²) in [5, 5.41) is 12.5. The highest BCUT2D eigenvalue weighted by molar-refractivity contribution is 4.86. The zero-order valence-corrected chi connectivity index (χ0v) is 9.71. The number of likely N-dealkylation sites (tertiary alicyclic amines) is 1. The van der Waals surface area contributed by atoms with Gasteiger partial charge in [0.25, 0.3) is 0 Å². The van der Waals surface area contributed by atoms with Crippen molar-refractivity contribution in [3.63, 3.8) is 0 Å². The van der Waals surface area contributed by atoms with Crippen molar-refractivity contribution in [2.24, 2.45) is 5.92 Å². The zero-order valence-electron chi connectivity index (χ0n) is 9.71. The SMILES string of the molecule is OC1CNC(CN2CCCC(C(F)(F)F)C2)C1. The van der Waals surface area contributed by atoms with Crippen LogP contribution in [0.25, 0.3) is 0 Å². The van der Waals surface area contributed by atoms with Crippen LogP contribution in [-0.4, -0.2) is 54.5 Å². The molecule has 0 saturated carbocycles. The average Bonchev–Trinajstić information content (AvgIpc) is 2.63. The second-order valence-corrected chi connectivity index (χ2v) is 5.14. The number of halogens is 3. The van der Waals surface area contributed by atoms with E-state index < -0.39 is 12.1 Å². The highest BCUT2D eigenvalue weighted by Crippen LogP contribution is 2.33. The van der Waals surface area contributed by atoms with Crippen molar-refractivity contribution in [1.29, 1.82) is 0 Å². The van der Waals surface area contributed by atoms with Crippen molar-refractivity contribution in [2.75, 3.05) is 26.2 Å². The predicted octanol–water partition coefficient (Wildman–Crippen LogP) is 0.983. The van der Waals surface area contributed by atoms with Crippen LogP contribution in [0.15, 0.2) is 0 Å². The summed E-state index contributed by atoms with van der Waals surface area (Å²) in [6.07, 6.45) is -2.91. The van der Waals surface area contributed by atoms with Crippen molar-refractivity contribution in [3.05, 3.63) is 0 Å². The highest BCUT2D eigenvalue weighted by Gasteiger charge is 2.42. The second-order valence-electron chi connectivity index (χ2n) is 5.14. The van der Waals surface area contributed by atoms with Crippen LogP contribution in [0.1, 0.15) is 19.3 Å². The smallest absolute Gasteiger partial charge is 0.392 e. The quantitative estimate of drug-likeness (QED) is 0.769. The Morgan fingerprint density at radius 1 is 1.35 bits per heavy atom. The fourth-order valence-corrected chi connectivity index (χ4v) is 2.74. The van der Waals surface area contributed by atoms with E-state index in [2.05, 4.69) is 5.32 Å². The number of nitrogens with one attached hydrogen (secondary N) is 1. The van der Waals surface area contributed by atoms with Gasteiger partial charge in [-0.25, -0.2) is 0 Å². The van der Waals surface area contributed by atoms with Gasteiger partial charge in [0.15, 0.2) is 0 Å². The van der Waals surface area contributed by atoms with Gasteiger partial charge < -0.3 is 15.3 Å². The van der Waals surface area contributed by atoms with E-state index in [0.29, 0.717) is 25.9 Å². The Balaban J connectivity index is 1.81. The highest BCUT2D eigenvalue weighted by atomic mass is 19.4. The Bertz CT molecular complexity index is 260. The molecule has 0 aromatic carbocycles. The number of nitrogens with zero attached hydrogens (tertiary/aromatic N) is 1. The van der Waals surface area contributed by atoms with Crippen molar-refractivity contribution in [3.8, 4) is 0 Å². The Morgan fingerprint density at radius 2 is 2.12 bits per heavy atom. The van der Waals surface area contributed by atoms with Gasteiger partial charge in [-0.3, -0.25) is 0 Å². The summed E-state index contributed by atoms with van der Waals surface area (Å²) in [5.41, 5.74) is 0. The van der Waals surface area contributed by atoms with Crippen LogP contribution in [0.4, 0.5) is 13.2 Å². The second kappa shape index (κ2) is 5.12. The first kappa shape index (κ1) is 13.1. The molecule has 0 spiro atoms. The third-order valence-corrected chi connectivity index (χ3v) is 3.65. The topological polar surface area (TPSA) is 35.5 Å². The summed E-state index contributed by atoms with van der Waals surface area (Å²) < 4.78 is 37.8. The molecule has 6 heteroatoms. The molecule has 2 rings (SSSR count). The van der Waals surface area contributed by atoms with E-state index in [1.165, 1.54) is 0 Å². The van der Waals surface area contributed by atoms with Crippen LogP contribution in [0.2, 0.25) is 0 Å². The van der Waals surface area contributed by atoms with E-state index in [1.54, 1.807) is 0 Å². The van der Waals surface area contributed by atoms with Gasteiger partial charge in [0.05, 0.1) is 12.0 Å². The van der Waals surface area contributed by atoms with E-state index in [4.69, 9.17) is 0 Å². The predicted molar refractivity (Wildman–Crippen MR) is 57.6 cm³/mol. The Morgan fingerprint density at radius 3 is 2.71 bits per heavy atom. The Hall–Kier alpha value is -0.330. The normalized spacial score (nSPS) is 36.4. The number of aliphatic hydroxyl groups is 1. The lowest BCUT2D eigenvalue weighted by Crippen LogP contribution is -2.46.